The molecule has 0 aliphatic carbocycles. The van der Waals surface area contributed by atoms with Crippen molar-refractivity contribution in [2.75, 3.05) is 50.8 Å². The van der Waals surface area contributed by atoms with Crippen LogP contribution in [-0.4, -0.2) is 79.3 Å². The van der Waals surface area contributed by atoms with Crippen molar-refractivity contribution in [1.82, 2.24) is 14.0 Å². The third kappa shape index (κ3) is 9.51. The van der Waals surface area contributed by atoms with Gasteiger partial charge in [-0.15, -0.1) is 0 Å². The zero-order valence-corrected chi connectivity index (χ0v) is 23.9. The van der Waals surface area contributed by atoms with Crippen LogP contribution in [0.1, 0.15) is 12.0 Å². The Labute approximate surface area is 227 Å². The van der Waals surface area contributed by atoms with Gasteiger partial charge in [0.2, 0.25) is 0 Å². The van der Waals surface area contributed by atoms with E-state index in [-0.39, 0.29) is 24.6 Å². The van der Waals surface area contributed by atoms with E-state index in [0.29, 0.717) is 51.4 Å². The lowest BCUT2D eigenvalue weighted by Gasteiger charge is -2.36. The predicted molar refractivity (Wildman–Crippen MR) is 146 cm³/mol. The summed E-state index contributed by atoms with van der Waals surface area (Å²) in [5, 5.41) is 9.64. The van der Waals surface area contributed by atoms with Crippen LogP contribution in [0, 0.1) is 0 Å². The van der Waals surface area contributed by atoms with Crippen LogP contribution in [0.5, 0.6) is 5.75 Å². The average molecular weight is 573 g/mol. The summed E-state index contributed by atoms with van der Waals surface area (Å²) in [5.41, 5.74) is -0.198. The number of hydrogen-bond acceptors (Lipinski definition) is 7. The Bertz CT molecular complexity index is 1190. The standard InChI is InChI=1S/C26H39F3N4O5Si/c1-39(2,3)16-15-37-20-32-17-21(18-34)24(35)33(25(32)36)10-6-9-30-11-13-31(14-12-30)22-7-4-5-8-23(22)38-19-26(27,28)29/h4-5,7-8,17,34H,6,9-16,18-20H2,1-3H3. The summed E-state index contributed by atoms with van der Waals surface area (Å²) in [5.74, 6) is 0.201. The number of hydrogen-bond donors (Lipinski definition) is 1. The molecule has 2 aromatic rings. The predicted octanol–water partition coefficient (Wildman–Crippen LogP) is 2.97. The molecule has 0 unspecified atom stereocenters. The SMILES string of the molecule is C[Si](C)(C)CCOCn1cc(CO)c(=O)n(CCCN2CCN(c3ccccc3OCC(F)(F)F)CC2)c1=O. The number of ether oxygens (including phenoxy) is 2. The lowest BCUT2D eigenvalue weighted by atomic mass is 10.2. The van der Waals surface area contributed by atoms with Crippen LogP contribution in [0.25, 0.3) is 0 Å². The smallest absolute Gasteiger partial charge is 0.422 e. The molecule has 218 valence electrons. The third-order valence-corrected chi connectivity index (χ3v) is 8.24. The van der Waals surface area contributed by atoms with E-state index in [9.17, 15) is 27.9 Å². The number of rotatable bonds is 13. The summed E-state index contributed by atoms with van der Waals surface area (Å²) in [4.78, 5) is 29.9. The Morgan fingerprint density at radius 3 is 2.36 bits per heavy atom. The highest BCUT2D eigenvalue weighted by Gasteiger charge is 2.29. The molecule has 3 rings (SSSR count). The summed E-state index contributed by atoms with van der Waals surface area (Å²) >= 11 is 0. The molecule has 1 aromatic carbocycles. The molecule has 1 fully saturated rings. The summed E-state index contributed by atoms with van der Waals surface area (Å²) < 4.78 is 51.1. The summed E-state index contributed by atoms with van der Waals surface area (Å²) in [6.07, 6.45) is -2.49. The molecule has 13 heteroatoms. The zero-order chi connectivity index (χ0) is 28.6. The van der Waals surface area contributed by atoms with Gasteiger partial charge in [0.25, 0.3) is 5.56 Å². The van der Waals surface area contributed by atoms with E-state index in [1.165, 1.54) is 16.8 Å². The van der Waals surface area contributed by atoms with E-state index in [1.54, 1.807) is 18.2 Å². The lowest BCUT2D eigenvalue weighted by Crippen LogP contribution is -2.47. The molecule has 1 aromatic heterocycles. The number of nitrogens with zero attached hydrogens (tertiary/aromatic N) is 4. The normalized spacial score (nSPS) is 15.1. The van der Waals surface area contributed by atoms with E-state index in [1.807, 2.05) is 4.90 Å². The van der Waals surface area contributed by atoms with Crippen LogP contribution in [0.4, 0.5) is 18.9 Å². The molecule has 1 aliphatic heterocycles. The number of aliphatic hydroxyl groups excluding tert-OH is 1. The maximum Gasteiger partial charge on any atom is 0.422 e. The van der Waals surface area contributed by atoms with Gasteiger partial charge in [0.15, 0.2) is 6.61 Å². The van der Waals surface area contributed by atoms with Crippen LogP contribution in [0.15, 0.2) is 40.1 Å². The van der Waals surface area contributed by atoms with Crippen molar-refractivity contribution in [2.24, 2.45) is 0 Å². The zero-order valence-electron chi connectivity index (χ0n) is 22.9. The number of aromatic nitrogens is 2. The van der Waals surface area contributed by atoms with Gasteiger partial charge in [0, 0.05) is 53.6 Å². The quantitative estimate of drug-likeness (QED) is 0.292. The maximum atomic E-state index is 12.9. The van der Waals surface area contributed by atoms with Crippen molar-refractivity contribution < 1.29 is 27.8 Å². The van der Waals surface area contributed by atoms with Crippen molar-refractivity contribution in [3.05, 3.63) is 56.9 Å². The molecular formula is C26H39F3N4O5Si. The summed E-state index contributed by atoms with van der Waals surface area (Å²) in [6, 6.07) is 7.66. The van der Waals surface area contributed by atoms with Crippen LogP contribution >= 0.6 is 0 Å². The number of para-hydroxylation sites is 2. The topological polar surface area (TPSA) is 89.2 Å². The largest absolute Gasteiger partial charge is 0.482 e. The van der Waals surface area contributed by atoms with Crippen molar-refractivity contribution in [1.29, 1.82) is 0 Å². The van der Waals surface area contributed by atoms with Crippen molar-refractivity contribution in [3.63, 3.8) is 0 Å². The van der Waals surface area contributed by atoms with Crippen LogP contribution in [-0.2, 0) is 24.6 Å². The Balaban J connectivity index is 1.55. The fourth-order valence-corrected chi connectivity index (χ4v) is 5.07. The minimum absolute atomic E-state index is 0.0205. The van der Waals surface area contributed by atoms with E-state index in [0.717, 1.165) is 10.6 Å². The van der Waals surface area contributed by atoms with E-state index < -0.39 is 38.7 Å². The highest BCUT2D eigenvalue weighted by molar-refractivity contribution is 6.76. The summed E-state index contributed by atoms with van der Waals surface area (Å²) in [7, 11) is -1.28. The number of aliphatic hydroxyl groups is 1. The molecule has 0 amide bonds. The Hall–Kier alpha value is -2.61. The Morgan fingerprint density at radius 1 is 1.03 bits per heavy atom. The molecule has 0 atom stereocenters. The van der Waals surface area contributed by atoms with Gasteiger partial charge >= 0.3 is 11.9 Å². The van der Waals surface area contributed by atoms with Gasteiger partial charge in [0.1, 0.15) is 12.5 Å². The molecule has 0 bridgehead atoms. The lowest BCUT2D eigenvalue weighted by molar-refractivity contribution is -0.153. The van der Waals surface area contributed by atoms with Gasteiger partial charge in [-0.25, -0.2) is 4.79 Å². The van der Waals surface area contributed by atoms with Crippen molar-refractivity contribution in [3.8, 4) is 5.75 Å². The summed E-state index contributed by atoms with van der Waals surface area (Å²) in [6.45, 7) is 8.85. The van der Waals surface area contributed by atoms with Gasteiger partial charge < -0.3 is 19.5 Å². The van der Waals surface area contributed by atoms with E-state index >= 15 is 0 Å². The highest BCUT2D eigenvalue weighted by atomic mass is 28.3. The third-order valence-electron chi connectivity index (χ3n) is 6.53. The van der Waals surface area contributed by atoms with Crippen molar-refractivity contribution >= 4 is 13.8 Å². The van der Waals surface area contributed by atoms with Gasteiger partial charge in [-0.05, 0) is 31.1 Å². The fourth-order valence-electron chi connectivity index (χ4n) is 4.32. The molecule has 0 radical (unpaired) electrons. The van der Waals surface area contributed by atoms with Crippen LogP contribution in [0.2, 0.25) is 25.7 Å². The molecular weight excluding hydrogens is 533 g/mol. The second kappa shape index (κ2) is 13.6. The monoisotopic (exact) mass is 572 g/mol. The minimum Gasteiger partial charge on any atom is -0.482 e. The molecule has 0 saturated carbocycles. The highest BCUT2D eigenvalue weighted by Crippen LogP contribution is 2.30. The van der Waals surface area contributed by atoms with Gasteiger partial charge in [-0.1, -0.05) is 31.8 Å². The molecule has 9 nitrogen and oxygen atoms in total. The second-order valence-electron chi connectivity index (χ2n) is 10.9. The van der Waals surface area contributed by atoms with Gasteiger partial charge in [-0.2, -0.15) is 13.2 Å². The number of piperazine rings is 1. The van der Waals surface area contributed by atoms with Crippen LogP contribution in [0.3, 0.4) is 0 Å². The Kier molecular flexibility index (Phi) is 10.8. The first kappa shape index (κ1) is 30.9. The van der Waals surface area contributed by atoms with Gasteiger partial charge in [0.05, 0.1) is 17.9 Å². The Morgan fingerprint density at radius 2 is 1.72 bits per heavy atom. The average Bonchev–Trinajstić information content (AvgIpc) is 2.88. The molecule has 1 saturated heterocycles. The number of halogens is 3. The molecule has 1 N–H and O–H groups in total. The van der Waals surface area contributed by atoms with Crippen molar-refractivity contribution in [2.45, 2.75) is 58.2 Å². The van der Waals surface area contributed by atoms with E-state index in [2.05, 4.69) is 24.5 Å². The van der Waals surface area contributed by atoms with Crippen LogP contribution < -0.4 is 20.9 Å². The number of alkyl halides is 3. The number of anilines is 1. The van der Waals surface area contributed by atoms with Gasteiger partial charge in [-0.3, -0.25) is 18.8 Å². The minimum atomic E-state index is -4.41. The number of benzene rings is 1. The molecule has 1 aliphatic rings. The molecule has 2 heterocycles. The fraction of sp³-hybridized carbons (Fsp3) is 0.615. The first-order valence-corrected chi connectivity index (χ1v) is 16.9. The maximum absolute atomic E-state index is 12.9. The second-order valence-corrected chi connectivity index (χ2v) is 16.5. The first-order chi connectivity index (χ1) is 18.4. The molecule has 0 spiro atoms. The first-order valence-electron chi connectivity index (χ1n) is 13.2. The molecule has 39 heavy (non-hydrogen) atoms. The van der Waals surface area contributed by atoms with E-state index in [4.69, 9.17) is 9.47 Å².